The number of hydrogen-bond donors (Lipinski definition) is 1. The maximum atomic E-state index is 12.4. The topological polar surface area (TPSA) is 54.3 Å². The van der Waals surface area contributed by atoms with Crippen LogP contribution >= 0.6 is 0 Å². The van der Waals surface area contributed by atoms with Gasteiger partial charge in [-0.1, -0.05) is 30.3 Å². The molecule has 2 aromatic rings. The van der Waals surface area contributed by atoms with E-state index in [0.29, 0.717) is 13.1 Å². The van der Waals surface area contributed by atoms with Crippen molar-refractivity contribution in [2.45, 2.75) is 6.54 Å². The second-order valence-electron chi connectivity index (χ2n) is 5.40. The maximum Gasteiger partial charge on any atom is 0.263 e. The Hall–Kier alpha value is -2.40. The highest BCUT2D eigenvalue weighted by Crippen LogP contribution is 2.01. The Bertz CT molecular complexity index is 678. The van der Waals surface area contributed by atoms with Crippen LogP contribution in [0.4, 0.5) is 0 Å². The van der Waals surface area contributed by atoms with Crippen LogP contribution in [0.1, 0.15) is 15.9 Å². The van der Waals surface area contributed by atoms with Gasteiger partial charge in [0.15, 0.2) is 0 Å². The highest BCUT2D eigenvalue weighted by Gasteiger charge is 2.11. The number of aromatic nitrogens is 1. The Labute approximate surface area is 130 Å². The van der Waals surface area contributed by atoms with Crippen molar-refractivity contribution in [2.75, 3.05) is 27.2 Å². The second-order valence-corrected chi connectivity index (χ2v) is 5.40. The zero-order valence-electron chi connectivity index (χ0n) is 13.0. The largest absolute Gasteiger partial charge is 0.351 e. The molecule has 0 saturated carbocycles. The zero-order valence-corrected chi connectivity index (χ0v) is 13.0. The molecular formula is C17H21N3O2. The van der Waals surface area contributed by atoms with E-state index in [-0.39, 0.29) is 17.0 Å². The number of carbonyl (C=O) groups excluding carboxylic acids is 1. The van der Waals surface area contributed by atoms with Crippen molar-refractivity contribution in [3.8, 4) is 0 Å². The second kappa shape index (κ2) is 7.56. The SMILES string of the molecule is CN(C)CCNC(=O)c1cccn(Cc2ccccc2)c1=O. The molecule has 5 nitrogen and oxygen atoms in total. The summed E-state index contributed by atoms with van der Waals surface area (Å²) in [6.07, 6.45) is 1.70. The van der Waals surface area contributed by atoms with Crippen LogP contribution in [-0.4, -0.2) is 42.6 Å². The fourth-order valence-electron chi connectivity index (χ4n) is 2.10. The van der Waals surface area contributed by atoms with Gasteiger partial charge in [-0.2, -0.15) is 0 Å². The minimum Gasteiger partial charge on any atom is -0.351 e. The van der Waals surface area contributed by atoms with Gasteiger partial charge >= 0.3 is 0 Å². The van der Waals surface area contributed by atoms with Crippen molar-refractivity contribution in [1.29, 1.82) is 0 Å². The quantitative estimate of drug-likeness (QED) is 0.871. The molecule has 1 aromatic carbocycles. The normalized spacial score (nSPS) is 10.7. The van der Waals surface area contributed by atoms with Gasteiger partial charge in [-0.15, -0.1) is 0 Å². The van der Waals surface area contributed by atoms with Gasteiger partial charge < -0.3 is 14.8 Å². The maximum absolute atomic E-state index is 12.4. The highest BCUT2D eigenvalue weighted by molar-refractivity contribution is 5.93. The van der Waals surface area contributed by atoms with Gasteiger partial charge in [0.2, 0.25) is 0 Å². The molecule has 1 aromatic heterocycles. The van der Waals surface area contributed by atoms with E-state index in [9.17, 15) is 9.59 Å². The zero-order chi connectivity index (χ0) is 15.9. The van der Waals surface area contributed by atoms with E-state index in [1.165, 1.54) is 0 Å². The summed E-state index contributed by atoms with van der Waals surface area (Å²) in [6.45, 7) is 1.70. The van der Waals surface area contributed by atoms with Crippen molar-refractivity contribution >= 4 is 5.91 Å². The van der Waals surface area contributed by atoms with Gasteiger partial charge in [0, 0.05) is 19.3 Å². The van der Waals surface area contributed by atoms with Crippen LogP contribution < -0.4 is 10.9 Å². The van der Waals surface area contributed by atoms with Crippen LogP contribution in [0.15, 0.2) is 53.5 Å². The summed E-state index contributed by atoms with van der Waals surface area (Å²) < 4.78 is 1.55. The first-order chi connectivity index (χ1) is 10.6. The molecular weight excluding hydrogens is 278 g/mol. The van der Waals surface area contributed by atoms with Crippen molar-refractivity contribution < 1.29 is 4.79 Å². The predicted octanol–water partition coefficient (Wildman–Crippen LogP) is 1.19. The van der Waals surface area contributed by atoms with E-state index in [0.717, 1.165) is 12.1 Å². The lowest BCUT2D eigenvalue weighted by atomic mass is 10.2. The molecule has 0 saturated heterocycles. The monoisotopic (exact) mass is 299 g/mol. The van der Waals surface area contributed by atoms with E-state index in [2.05, 4.69) is 5.32 Å². The lowest BCUT2D eigenvalue weighted by molar-refractivity contribution is 0.0949. The van der Waals surface area contributed by atoms with Crippen LogP contribution in [0.25, 0.3) is 0 Å². The Morgan fingerprint density at radius 3 is 2.55 bits per heavy atom. The van der Waals surface area contributed by atoms with E-state index in [1.807, 2.05) is 49.3 Å². The molecule has 0 fully saturated rings. The number of likely N-dealkylation sites (N-methyl/N-ethyl adjacent to an activating group) is 1. The number of carbonyl (C=O) groups is 1. The van der Waals surface area contributed by atoms with E-state index >= 15 is 0 Å². The summed E-state index contributed by atoms with van der Waals surface area (Å²) in [5.74, 6) is -0.325. The summed E-state index contributed by atoms with van der Waals surface area (Å²) in [5.41, 5.74) is 0.931. The van der Waals surface area contributed by atoms with Gasteiger partial charge in [-0.05, 0) is 31.8 Å². The van der Waals surface area contributed by atoms with Crippen molar-refractivity contribution in [3.05, 3.63) is 70.1 Å². The molecule has 0 atom stereocenters. The van der Waals surface area contributed by atoms with Gasteiger partial charge in [0.25, 0.3) is 11.5 Å². The Morgan fingerprint density at radius 1 is 1.14 bits per heavy atom. The number of rotatable bonds is 6. The van der Waals surface area contributed by atoms with Gasteiger partial charge in [0.05, 0.1) is 6.54 Å². The third-order valence-corrected chi connectivity index (χ3v) is 3.31. The van der Waals surface area contributed by atoms with E-state index in [4.69, 9.17) is 0 Å². The first-order valence-electron chi connectivity index (χ1n) is 7.24. The standard InChI is InChI=1S/C17H21N3O2/c1-19(2)12-10-18-16(21)15-9-6-11-20(17(15)22)13-14-7-4-3-5-8-14/h3-9,11H,10,12-13H2,1-2H3,(H,18,21). The summed E-state index contributed by atoms with van der Waals surface area (Å²) in [5, 5.41) is 2.77. The van der Waals surface area contributed by atoms with Crippen LogP contribution in [0, 0.1) is 0 Å². The van der Waals surface area contributed by atoms with Gasteiger partial charge in [-0.25, -0.2) is 0 Å². The smallest absolute Gasteiger partial charge is 0.263 e. The molecule has 22 heavy (non-hydrogen) atoms. The van der Waals surface area contributed by atoms with E-state index < -0.39 is 0 Å². The lowest BCUT2D eigenvalue weighted by Gasteiger charge is -2.11. The summed E-state index contributed by atoms with van der Waals surface area (Å²) in [6, 6.07) is 13.0. The molecule has 116 valence electrons. The van der Waals surface area contributed by atoms with Crippen molar-refractivity contribution in [2.24, 2.45) is 0 Å². The molecule has 0 radical (unpaired) electrons. The summed E-state index contributed by atoms with van der Waals surface area (Å²) in [7, 11) is 3.86. The predicted molar refractivity (Wildman–Crippen MR) is 87.1 cm³/mol. The Morgan fingerprint density at radius 2 is 1.86 bits per heavy atom. The Kier molecular flexibility index (Phi) is 5.49. The van der Waals surface area contributed by atoms with Crippen LogP contribution in [0.5, 0.6) is 0 Å². The van der Waals surface area contributed by atoms with Crippen LogP contribution in [-0.2, 0) is 6.54 Å². The van der Waals surface area contributed by atoms with Gasteiger partial charge in [-0.3, -0.25) is 9.59 Å². The summed E-state index contributed by atoms with van der Waals surface area (Å²) in [4.78, 5) is 26.5. The highest BCUT2D eigenvalue weighted by atomic mass is 16.2. The fraction of sp³-hybridized carbons (Fsp3) is 0.294. The number of hydrogen-bond acceptors (Lipinski definition) is 3. The third kappa shape index (κ3) is 4.30. The molecule has 0 aliphatic rings. The molecule has 1 N–H and O–H groups in total. The van der Waals surface area contributed by atoms with Gasteiger partial charge in [0.1, 0.15) is 5.56 Å². The van der Waals surface area contributed by atoms with Crippen molar-refractivity contribution in [1.82, 2.24) is 14.8 Å². The molecule has 0 bridgehead atoms. The Balaban J connectivity index is 2.12. The molecule has 0 aliphatic heterocycles. The number of benzene rings is 1. The average molecular weight is 299 g/mol. The van der Waals surface area contributed by atoms with Crippen molar-refractivity contribution in [3.63, 3.8) is 0 Å². The lowest BCUT2D eigenvalue weighted by Crippen LogP contribution is -2.36. The molecule has 0 spiro atoms. The molecule has 0 unspecified atom stereocenters. The van der Waals surface area contributed by atoms with E-state index in [1.54, 1.807) is 22.9 Å². The number of nitrogens with zero attached hydrogens (tertiary/aromatic N) is 2. The average Bonchev–Trinajstić information content (AvgIpc) is 2.50. The number of pyridine rings is 1. The minimum atomic E-state index is -0.325. The fourth-order valence-corrected chi connectivity index (χ4v) is 2.10. The summed E-state index contributed by atoms with van der Waals surface area (Å²) >= 11 is 0. The molecule has 1 amide bonds. The molecule has 1 heterocycles. The third-order valence-electron chi connectivity index (χ3n) is 3.31. The molecule has 2 rings (SSSR count). The minimum absolute atomic E-state index is 0.178. The first-order valence-corrected chi connectivity index (χ1v) is 7.24. The first kappa shape index (κ1) is 16.0. The number of amides is 1. The molecule has 0 aliphatic carbocycles. The van der Waals surface area contributed by atoms with Crippen LogP contribution in [0.2, 0.25) is 0 Å². The molecule has 5 heteroatoms. The number of nitrogens with one attached hydrogen (secondary N) is 1. The van der Waals surface area contributed by atoms with Crippen LogP contribution in [0.3, 0.4) is 0 Å².